The van der Waals surface area contributed by atoms with Crippen molar-refractivity contribution < 1.29 is 5.11 Å². The van der Waals surface area contributed by atoms with Crippen LogP contribution in [0.5, 0.6) is 0 Å². The fourth-order valence-corrected chi connectivity index (χ4v) is 4.06. The summed E-state index contributed by atoms with van der Waals surface area (Å²) < 4.78 is 0. The molecular weight excluding hydrogens is 208 g/mol. The summed E-state index contributed by atoms with van der Waals surface area (Å²) in [5.41, 5.74) is 2.67. The number of hydrogen-bond acceptors (Lipinski definition) is 1. The van der Waals surface area contributed by atoms with Gasteiger partial charge >= 0.3 is 0 Å². The van der Waals surface area contributed by atoms with Gasteiger partial charge in [0.1, 0.15) is 0 Å². The second-order valence-corrected chi connectivity index (χ2v) is 5.52. The Balaban J connectivity index is 1.80. The Labute approximate surface area is 101 Å². The minimum atomic E-state index is -0.147. The highest BCUT2D eigenvalue weighted by molar-refractivity contribution is 5.72. The second kappa shape index (κ2) is 3.33. The van der Waals surface area contributed by atoms with Crippen LogP contribution in [0, 0.1) is 23.7 Å². The molecule has 1 nitrogen and oxygen atoms in total. The molecule has 1 fully saturated rings. The van der Waals surface area contributed by atoms with Gasteiger partial charge in [-0.25, -0.2) is 0 Å². The van der Waals surface area contributed by atoms with Gasteiger partial charge < -0.3 is 5.11 Å². The van der Waals surface area contributed by atoms with Gasteiger partial charge in [0.05, 0.1) is 6.10 Å². The molecule has 0 spiro atoms. The van der Waals surface area contributed by atoms with Gasteiger partial charge in [0.15, 0.2) is 0 Å². The van der Waals surface area contributed by atoms with Crippen LogP contribution in [-0.2, 0) is 0 Å². The van der Waals surface area contributed by atoms with Gasteiger partial charge in [-0.2, -0.15) is 0 Å². The van der Waals surface area contributed by atoms with Gasteiger partial charge in [0.2, 0.25) is 0 Å². The molecule has 4 rings (SSSR count). The Morgan fingerprint density at radius 2 is 1.88 bits per heavy atom. The quantitative estimate of drug-likeness (QED) is 0.727. The van der Waals surface area contributed by atoms with Crippen LogP contribution in [0.15, 0.2) is 48.6 Å². The van der Waals surface area contributed by atoms with Crippen molar-refractivity contribution in [2.45, 2.75) is 12.5 Å². The Hall–Kier alpha value is -1.34. The van der Waals surface area contributed by atoms with E-state index in [1.165, 1.54) is 11.1 Å². The molecule has 3 aliphatic carbocycles. The van der Waals surface area contributed by atoms with Gasteiger partial charge in [-0.15, -0.1) is 0 Å². The minimum absolute atomic E-state index is 0.147. The molecule has 1 saturated carbocycles. The molecule has 0 heterocycles. The molecule has 0 amide bonds. The van der Waals surface area contributed by atoms with Gasteiger partial charge in [-0.3, -0.25) is 0 Å². The highest BCUT2D eigenvalue weighted by Gasteiger charge is 2.51. The van der Waals surface area contributed by atoms with E-state index in [0.29, 0.717) is 23.7 Å². The average molecular weight is 224 g/mol. The van der Waals surface area contributed by atoms with Crippen molar-refractivity contribution in [2.75, 3.05) is 0 Å². The van der Waals surface area contributed by atoms with Crippen molar-refractivity contribution in [3.8, 4) is 0 Å². The Morgan fingerprint density at radius 3 is 2.71 bits per heavy atom. The Bertz CT molecular complexity index is 500. The zero-order valence-corrected chi connectivity index (χ0v) is 9.66. The topological polar surface area (TPSA) is 20.2 Å². The summed E-state index contributed by atoms with van der Waals surface area (Å²) >= 11 is 0. The van der Waals surface area contributed by atoms with E-state index in [1.807, 2.05) is 6.07 Å². The van der Waals surface area contributed by atoms with Crippen LogP contribution in [0.25, 0.3) is 5.57 Å². The summed E-state index contributed by atoms with van der Waals surface area (Å²) in [5.74, 6) is 2.18. The first-order valence-corrected chi connectivity index (χ1v) is 6.48. The number of aliphatic hydroxyl groups is 1. The van der Waals surface area contributed by atoms with E-state index in [0.717, 1.165) is 6.42 Å². The number of allylic oxidation sites excluding steroid dienone is 3. The average Bonchev–Trinajstić information content (AvgIpc) is 2.98. The van der Waals surface area contributed by atoms with Crippen LogP contribution < -0.4 is 0 Å². The van der Waals surface area contributed by atoms with Crippen LogP contribution in [-0.4, -0.2) is 11.2 Å². The fraction of sp³-hybridized carbons (Fsp3) is 0.375. The molecule has 1 heteroatoms. The lowest BCUT2D eigenvalue weighted by Crippen LogP contribution is -2.18. The predicted molar refractivity (Wildman–Crippen MR) is 68.1 cm³/mol. The molecule has 0 saturated heterocycles. The Morgan fingerprint density at radius 1 is 1.06 bits per heavy atom. The minimum Gasteiger partial charge on any atom is -0.392 e. The summed E-state index contributed by atoms with van der Waals surface area (Å²) in [7, 11) is 0. The summed E-state index contributed by atoms with van der Waals surface area (Å²) in [6.07, 6.45) is 7.84. The van der Waals surface area contributed by atoms with Gasteiger partial charge in [-0.1, -0.05) is 48.6 Å². The maximum Gasteiger partial charge on any atom is 0.0617 e. The summed E-state index contributed by atoms with van der Waals surface area (Å²) in [6, 6.07) is 10.5. The largest absolute Gasteiger partial charge is 0.392 e. The second-order valence-electron chi connectivity index (χ2n) is 5.52. The van der Waals surface area contributed by atoms with Crippen molar-refractivity contribution >= 4 is 5.57 Å². The van der Waals surface area contributed by atoms with Crippen molar-refractivity contribution in [2.24, 2.45) is 23.7 Å². The molecule has 0 radical (unpaired) electrons. The van der Waals surface area contributed by atoms with Gasteiger partial charge in [0.25, 0.3) is 0 Å². The lowest BCUT2D eigenvalue weighted by molar-refractivity contribution is 0.146. The molecule has 0 aliphatic heterocycles. The molecular formula is C16H16O. The third-order valence-corrected chi connectivity index (χ3v) is 4.70. The summed E-state index contributed by atoms with van der Waals surface area (Å²) in [6.45, 7) is 0. The molecule has 86 valence electrons. The van der Waals surface area contributed by atoms with Crippen LogP contribution in [0.1, 0.15) is 12.0 Å². The van der Waals surface area contributed by atoms with Crippen molar-refractivity contribution in [3.63, 3.8) is 0 Å². The van der Waals surface area contributed by atoms with Crippen LogP contribution in [0.3, 0.4) is 0 Å². The van der Waals surface area contributed by atoms with E-state index >= 15 is 0 Å². The number of benzene rings is 1. The molecule has 1 N–H and O–H groups in total. The van der Waals surface area contributed by atoms with Crippen LogP contribution in [0.2, 0.25) is 0 Å². The van der Waals surface area contributed by atoms with Crippen LogP contribution in [0.4, 0.5) is 0 Å². The Kier molecular flexibility index (Phi) is 1.89. The fourth-order valence-electron chi connectivity index (χ4n) is 4.06. The third kappa shape index (κ3) is 1.23. The standard InChI is InChI=1S/C16H16O/c17-14-9-12-7-6-11-8-13(16(14)15(11)12)10-4-2-1-3-5-10/h1-8,11-12,14-17H,9H2/t11-,12+,14-,15-,16-/m1/s1. The first-order valence-electron chi connectivity index (χ1n) is 6.48. The molecule has 17 heavy (non-hydrogen) atoms. The van der Waals surface area contributed by atoms with E-state index in [2.05, 4.69) is 42.5 Å². The van der Waals surface area contributed by atoms with Crippen molar-refractivity contribution in [3.05, 3.63) is 54.1 Å². The molecule has 0 bridgehead atoms. The molecule has 0 unspecified atom stereocenters. The number of aliphatic hydroxyl groups excluding tert-OH is 1. The van der Waals surface area contributed by atoms with E-state index in [9.17, 15) is 5.11 Å². The van der Waals surface area contributed by atoms with Gasteiger partial charge in [-0.05, 0) is 35.3 Å². The van der Waals surface area contributed by atoms with Crippen LogP contribution >= 0.6 is 0 Å². The summed E-state index contributed by atoms with van der Waals surface area (Å²) in [4.78, 5) is 0. The maximum absolute atomic E-state index is 10.3. The third-order valence-electron chi connectivity index (χ3n) is 4.70. The summed E-state index contributed by atoms with van der Waals surface area (Å²) in [5, 5.41) is 10.3. The van der Waals surface area contributed by atoms with E-state index in [-0.39, 0.29) is 6.10 Å². The lowest BCUT2D eigenvalue weighted by Gasteiger charge is -2.19. The maximum atomic E-state index is 10.3. The predicted octanol–water partition coefficient (Wildman–Crippen LogP) is 2.88. The highest BCUT2D eigenvalue weighted by Crippen LogP contribution is 2.57. The zero-order chi connectivity index (χ0) is 11.4. The van der Waals surface area contributed by atoms with Crippen molar-refractivity contribution in [1.29, 1.82) is 0 Å². The van der Waals surface area contributed by atoms with Gasteiger partial charge in [0, 0.05) is 5.92 Å². The smallest absolute Gasteiger partial charge is 0.0617 e. The molecule has 1 aromatic carbocycles. The molecule has 3 aliphatic rings. The lowest BCUT2D eigenvalue weighted by atomic mass is 9.86. The molecule has 5 atom stereocenters. The van der Waals surface area contributed by atoms with E-state index in [4.69, 9.17) is 0 Å². The number of hydrogen-bond donors (Lipinski definition) is 1. The number of rotatable bonds is 1. The molecule has 0 aromatic heterocycles. The highest BCUT2D eigenvalue weighted by atomic mass is 16.3. The van der Waals surface area contributed by atoms with E-state index < -0.39 is 0 Å². The molecule has 1 aromatic rings. The first kappa shape index (κ1) is 9.67. The SMILES string of the molecule is O[C@@H]1C[C@@H]2C=C[C@@H]3C=C(c4ccccc4)[C@H]1[C@H]32. The van der Waals surface area contributed by atoms with E-state index in [1.54, 1.807) is 0 Å². The monoisotopic (exact) mass is 224 g/mol. The zero-order valence-electron chi connectivity index (χ0n) is 9.66. The normalized spacial score (nSPS) is 41.7. The first-order chi connectivity index (χ1) is 8.34. The van der Waals surface area contributed by atoms with Crippen molar-refractivity contribution in [1.82, 2.24) is 0 Å².